The number of hydrogen-bond donors (Lipinski definition) is 0. The van der Waals surface area contributed by atoms with Crippen LogP contribution in [0.4, 0.5) is 4.39 Å². The summed E-state index contributed by atoms with van der Waals surface area (Å²) in [5, 5.41) is 0. The van der Waals surface area contributed by atoms with Crippen molar-refractivity contribution in [3.8, 4) is 5.75 Å². The molecule has 0 radical (unpaired) electrons. The third-order valence-corrected chi connectivity index (χ3v) is 3.48. The summed E-state index contributed by atoms with van der Waals surface area (Å²) in [6.45, 7) is 3.68. The number of carbonyl (C=O) groups is 1. The second kappa shape index (κ2) is 5.45. The molecule has 0 aromatic heterocycles. The van der Waals surface area contributed by atoms with Gasteiger partial charge in [0.1, 0.15) is 0 Å². The predicted octanol–water partition coefficient (Wildman–Crippen LogP) is 3.99. The van der Waals surface area contributed by atoms with E-state index in [4.69, 9.17) is 4.74 Å². The number of ketones is 1. The van der Waals surface area contributed by atoms with Crippen molar-refractivity contribution >= 4 is 5.78 Å². The lowest BCUT2D eigenvalue weighted by Crippen LogP contribution is -2.29. The van der Waals surface area contributed by atoms with Gasteiger partial charge < -0.3 is 4.74 Å². The first kappa shape index (κ1) is 14.3. The van der Waals surface area contributed by atoms with Gasteiger partial charge in [-0.15, -0.1) is 0 Å². The van der Waals surface area contributed by atoms with Gasteiger partial charge in [0.05, 0.1) is 12.5 Å². The van der Waals surface area contributed by atoms with Gasteiger partial charge >= 0.3 is 0 Å². The number of rotatable bonds is 4. The minimum Gasteiger partial charge on any atom is -0.494 e. The molecule has 2 nitrogen and oxygen atoms in total. The van der Waals surface area contributed by atoms with Crippen molar-refractivity contribution in [1.82, 2.24) is 0 Å². The first-order valence-electron chi connectivity index (χ1n) is 6.40. The molecular formula is C17H17FO2. The number of ether oxygens (including phenoxy) is 1. The monoisotopic (exact) mass is 272 g/mol. The molecule has 20 heavy (non-hydrogen) atoms. The molecule has 104 valence electrons. The Kier molecular flexibility index (Phi) is 3.89. The average Bonchev–Trinajstić information content (AvgIpc) is 2.47. The largest absolute Gasteiger partial charge is 0.494 e. The van der Waals surface area contributed by atoms with Crippen molar-refractivity contribution in [2.24, 2.45) is 0 Å². The lowest BCUT2D eigenvalue weighted by molar-refractivity contribution is 0.0908. The SMILES string of the molecule is COc1ccc(C(=O)C(C)(C)c2ccccc2)cc1F. The van der Waals surface area contributed by atoms with Gasteiger partial charge in [-0.25, -0.2) is 4.39 Å². The van der Waals surface area contributed by atoms with E-state index in [1.54, 1.807) is 6.07 Å². The number of halogens is 1. The van der Waals surface area contributed by atoms with Crippen LogP contribution in [0.25, 0.3) is 0 Å². The fourth-order valence-electron chi connectivity index (χ4n) is 2.15. The molecule has 2 rings (SSSR count). The van der Waals surface area contributed by atoms with E-state index >= 15 is 0 Å². The van der Waals surface area contributed by atoms with E-state index in [-0.39, 0.29) is 11.5 Å². The molecule has 0 saturated carbocycles. The maximum atomic E-state index is 13.7. The van der Waals surface area contributed by atoms with Crippen LogP contribution in [0.3, 0.4) is 0 Å². The van der Waals surface area contributed by atoms with Crippen LogP contribution in [-0.2, 0) is 5.41 Å². The van der Waals surface area contributed by atoms with Crippen molar-refractivity contribution in [2.75, 3.05) is 7.11 Å². The smallest absolute Gasteiger partial charge is 0.172 e. The number of benzene rings is 2. The lowest BCUT2D eigenvalue weighted by atomic mass is 9.78. The first-order chi connectivity index (χ1) is 9.46. The highest BCUT2D eigenvalue weighted by Gasteiger charge is 2.30. The fourth-order valence-corrected chi connectivity index (χ4v) is 2.15. The van der Waals surface area contributed by atoms with Gasteiger partial charge in [-0.05, 0) is 37.6 Å². The summed E-state index contributed by atoms with van der Waals surface area (Å²) < 4.78 is 18.6. The van der Waals surface area contributed by atoms with E-state index in [9.17, 15) is 9.18 Å². The first-order valence-corrected chi connectivity index (χ1v) is 6.40. The van der Waals surface area contributed by atoms with E-state index in [1.807, 2.05) is 44.2 Å². The molecule has 2 aromatic rings. The Balaban J connectivity index is 2.38. The molecule has 0 saturated heterocycles. The zero-order valence-electron chi connectivity index (χ0n) is 11.8. The minimum atomic E-state index is -0.706. The second-order valence-electron chi connectivity index (χ2n) is 5.17. The van der Waals surface area contributed by atoms with E-state index in [1.165, 1.54) is 19.2 Å². The van der Waals surface area contributed by atoms with Crippen LogP contribution in [0.15, 0.2) is 48.5 Å². The lowest BCUT2D eigenvalue weighted by Gasteiger charge is -2.24. The van der Waals surface area contributed by atoms with Gasteiger partial charge in [-0.3, -0.25) is 4.79 Å². The third-order valence-electron chi connectivity index (χ3n) is 3.48. The molecule has 0 N–H and O–H groups in total. The molecule has 0 heterocycles. The zero-order valence-corrected chi connectivity index (χ0v) is 11.8. The van der Waals surface area contributed by atoms with Crippen LogP contribution in [0.1, 0.15) is 29.8 Å². The molecule has 0 aliphatic rings. The molecule has 0 aliphatic heterocycles. The molecule has 2 aromatic carbocycles. The summed E-state index contributed by atoms with van der Waals surface area (Å²) in [6.07, 6.45) is 0. The topological polar surface area (TPSA) is 26.3 Å². The molecule has 3 heteroatoms. The Bertz CT molecular complexity index is 618. The quantitative estimate of drug-likeness (QED) is 0.786. The highest BCUT2D eigenvalue weighted by molar-refractivity contribution is 6.03. The molecule has 0 atom stereocenters. The van der Waals surface area contributed by atoms with Gasteiger partial charge in [0.2, 0.25) is 0 Å². The summed E-state index contributed by atoms with van der Waals surface area (Å²) >= 11 is 0. The molecule has 0 spiro atoms. The second-order valence-corrected chi connectivity index (χ2v) is 5.17. The highest BCUT2D eigenvalue weighted by Crippen LogP contribution is 2.29. The average molecular weight is 272 g/mol. The Morgan fingerprint density at radius 3 is 2.30 bits per heavy atom. The van der Waals surface area contributed by atoms with Crippen molar-refractivity contribution in [3.05, 3.63) is 65.5 Å². The summed E-state index contributed by atoms with van der Waals surface area (Å²) in [4.78, 5) is 12.6. The third kappa shape index (κ3) is 2.57. The summed E-state index contributed by atoms with van der Waals surface area (Å²) in [5.74, 6) is -0.508. The van der Waals surface area contributed by atoms with Crippen LogP contribution < -0.4 is 4.74 Å². The van der Waals surface area contributed by atoms with Crippen LogP contribution in [0.2, 0.25) is 0 Å². The minimum absolute atomic E-state index is 0.120. The summed E-state index contributed by atoms with van der Waals surface area (Å²) in [7, 11) is 1.40. The van der Waals surface area contributed by atoms with E-state index in [2.05, 4.69) is 0 Å². The number of carbonyl (C=O) groups excluding carboxylic acids is 1. The Hall–Kier alpha value is -2.16. The summed E-state index contributed by atoms with van der Waals surface area (Å²) in [6, 6.07) is 13.8. The Morgan fingerprint density at radius 2 is 1.75 bits per heavy atom. The summed E-state index contributed by atoms with van der Waals surface area (Å²) in [5.41, 5.74) is 0.542. The normalized spacial score (nSPS) is 11.2. The zero-order chi connectivity index (χ0) is 14.8. The van der Waals surface area contributed by atoms with E-state index < -0.39 is 11.2 Å². The fraction of sp³-hybridized carbons (Fsp3) is 0.235. The number of Topliss-reactive ketones (excluding diaryl/α,β-unsaturated/α-hetero) is 1. The van der Waals surface area contributed by atoms with Crippen molar-refractivity contribution in [2.45, 2.75) is 19.3 Å². The molecule has 0 aliphatic carbocycles. The Morgan fingerprint density at radius 1 is 1.10 bits per heavy atom. The predicted molar refractivity (Wildman–Crippen MR) is 76.8 cm³/mol. The van der Waals surface area contributed by atoms with E-state index in [0.717, 1.165) is 5.56 Å². The Labute approximate surface area is 118 Å². The van der Waals surface area contributed by atoms with Crippen molar-refractivity contribution in [1.29, 1.82) is 0 Å². The van der Waals surface area contributed by atoms with Crippen molar-refractivity contribution < 1.29 is 13.9 Å². The molecule has 0 fully saturated rings. The number of hydrogen-bond acceptors (Lipinski definition) is 2. The van der Waals surface area contributed by atoms with Crippen molar-refractivity contribution in [3.63, 3.8) is 0 Å². The van der Waals surface area contributed by atoms with Crippen LogP contribution >= 0.6 is 0 Å². The van der Waals surface area contributed by atoms with Gasteiger partial charge in [0.25, 0.3) is 0 Å². The van der Waals surface area contributed by atoms with Crippen LogP contribution in [-0.4, -0.2) is 12.9 Å². The molecule has 0 amide bonds. The maximum Gasteiger partial charge on any atom is 0.172 e. The van der Waals surface area contributed by atoms with E-state index in [0.29, 0.717) is 5.56 Å². The standard InChI is InChI=1S/C17H17FO2/c1-17(2,13-7-5-4-6-8-13)16(19)12-9-10-15(20-3)14(18)11-12/h4-11H,1-3H3. The van der Waals surface area contributed by atoms with Gasteiger partial charge in [-0.2, -0.15) is 0 Å². The van der Waals surface area contributed by atoms with Gasteiger partial charge in [0.15, 0.2) is 17.3 Å². The van der Waals surface area contributed by atoms with Gasteiger partial charge in [-0.1, -0.05) is 30.3 Å². The molecular weight excluding hydrogens is 255 g/mol. The van der Waals surface area contributed by atoms with Crippen LogP contribution in [0, 0.1) is 5.82 Å². The molecule has 0 unspecified atom stereocenters. The number of methoxy groups -OCH3 is 1. The maximum absolute atomic E-state index is 13.7. The highest BCUT2D eigenvalue weighted by atomic mass is 19.1. The van der Waals surface area contributed by atoms with Gasteiger partial charge in [0, 0.05) is 5.56 Å². The van der Waals surface area contributed by atoms with Crippen LogP contribution in [0.5, 0.6) is 5.75 Å². The molecule has 0 bridgehead atoms.